The summed E-state index contributed by atoms with van der Waals surface area (Å²) in [6.07, 6.45) is -0.478. The van der Waals surface area contributed by atoms with E-state index in [2.05, 4.69) is 0 Å². The smallest absolute Gasteiger partial charge is 0.322 e. The van der Waals surface area contributed by atoms with Gasteiger partial charge in [0.15, 0.2) is 0 Å². The molecule has 0 aliphatic carbocycles. The Kier molecular flexibility index (Phi) is 4.40. The predicted octanol–water partition coefficient (Wildman–Crippen LogP) is 0.272. The van der Waals surface area contributed by atoms with Gasteiger partial charge < -0.3 is 10.2 Å². The summed E-state index contributed by atoms with van der Waals surface area (Å²) in [6.45, 7) is 5.66. The molecule has 2 atom stereocenters. The molecule has 0 amide bonds. The van der Waals surface area contributed by atoms with Gasteiger partial charge in [0.2, 0.25) is 10.0 Å². The molecule has 1 unspecified atom stereocenters. The highest BCUT2D eigenvalue weighted by atomic mass is 32.2. The van der Waals surface area contributed by atoms with Crippen molar-refractivity contribution in [2.45, 2.75) is 45.8 Å². The quantitative estimate of drug-likeness (QED) is 0.770. The fraction of sp³-hybridized carbons (Fsp3) is 0.909. The van der Waals surface area contributed by atoms with Crippen LogP contribution in [0.5, 0.6) is 0 Å². The maximum atomic E-state index is 12.1. The summed E-state index contributed by atoms with van der Waals surface area (Å²) < 4.78 is 25.1. The van der Waals surface area contributed by atoms with Crippen molar-refractivity contribution in [2.75, 3.05) is 12.3 Å². The summed E-state index contributed by atoms with van der Waals surface area (Å²) in [5, 5.41) is 18.4. The van der Waals surface area contributed by atoms with Gasteiger partial charge in [-0.2, -0.15) is 4.31 Å². The third-order valence-electron chi connectivity index (χ3n) is 2.99. The van der Waals surface area contributed by atoms with Crippen molar-refractivity contribution in [3.63, 3.8) is 0 Å². The van der Waals surface area contributed by atoms with Crippen molar-refractivity contribution in [1.82, 2.24) is 4.31 Å². The number of carbonyl (C=O) groups is 1. The van der Waals surface area contributed by atoms with E-state index in [-0.39, 0.29) is 24.1 Å². The zero-order chi connectivity index (χ0) is 14.1. The Balaban J connectivity index is 2.81. The lowest BCUT2D eigenvalue weighted by atomic mass is 9.94. The number of aliphatic carboxylic acids is 1. The van der Waals surface area contributed by atoms with Gasteiger partial charge in [-0.25, -0.2) is 8.42 Å². The Morgan fingerprint density at radius 1 is 1.39 bits per heavy atom. The molecule has 0 aromatic carbocycles. The van der Waals surface area contributed by atoms with Crippen LogP contribution in [0.3, 0.4) is 0 Å². The standard InChI is InChI=1S/C11H21NO5S/c1-11(2,3)4-5-18(16,17)12-7-8(13)6-9(12)10(14)15/h8-9,13H,4-7H2,1-3H3,(H,14,15)/t8?,9-/m0/s1. The van der Waals surface area contributed by atoms with E-state index < -0.39 is 28.1 Å². The Hall–Kier alpha value is -0.660. The molecule has 106 valence electrons. The molecular formula is C11H21NO5S. The number of nitrogens with zero attached hydrogens (tertiary/aromatic N) is 1. The Morgan fingerprint density at radius 3 is 2.39 bits per heavy atom. The summed E-state index contributed by atoms with van der Waals surface area (Å²) >= 11 is 0. The third kappa shape index (κ3) is 3.93. The fourth-order valence-electron chi connectivity index (χ4n) is 1.87. The van der Waals surface area contributed by atoms with Gasteiger partial charge in [0.05, 0.1) is 11.9 Å². The lowest BCUT2D eigenvalue weighted by Crippen LogP contribution is -2.42. The number of aliphatic hydroxyl groups excluding tert-OH is 1. The van der Waals surface area contributed by atoms with Gasteiger partial charge in [-0.1, -0.05) is 20.8 Å². The minimum absolute atomic E-state index is 0.0376. The van der Waals surface area contributed by atoms with Crippen LogP contribution in [0.15, 0.2) is 0 Å². The summed E-state index contributed by atoms with van der Waals surface area (Å²) in [6, 6.07) is -1.13. The average Bonchev–Trinajstić information content (AvgIpc) is 2.57. The number of rotatable bonds is 4. The highest BCUT2D eigenvalue weighted by molar-refractivity contribution is 7.89. The molecule has 18 heavy (non-hydrogen) atoms. The summed E-state index contributed by atoms with van der Waals surface area (Å²) in [5.74, 6) is -1.29. The Morgan fingerprint density at radius 2 is 1.94 bits per heavy atom. The monoisotopic (exact) mass is 279 g/mol. The van der Waals surface area contributed by atoms with Gasteiger partial charge >= 0.3 is 5.97 Å². The molecule has 1 aliphatic rings. The molecule has 0 aromatic heterocycles. The van der Waals surface area contributed by atoms with Crippen molar-refractivity contribution >= 4 is 16.0 Å². The molecule has 1 heterocycles. The van der Waals surface area contributed by atoms with Gasteiger partial charge in [0.25, 0.3) is 0 Å². The van der Waals surface area contributed by atoms with Crippen molar-refractivity contribution in [3.05, 3.63) is 0 Å². The third-order valence-corrected chi connectivity index (χ3v) is 4.82. The van der Waals surface area contributed by atoms with E-state index in [0.717, 1.165) is 4.31 Å². The molecule has 7 heteroatoms. The maximum absolute atomic E-state index is 12.1. The first-order chi connectivity index (χ1) is 8.03. The Labute approximate surface area is 108 Å². The lowest BCUT2D eigenvalue weighted by Gasteiger charge is -2.23. The molecule has 0 aromatic rings. The number of aliphatic hydroxyl groups is 1. The first-order valence-electron chi connectivity index (χ1n) is 5.93. The molecule has 0 spiro atoms. The number of hydrogen-bond donors (Lipinski definition) is 2. The molecule has 1 saturated heterocycles. The normalized spacial score (nSPS) is 26.4. The van der Waals surface area contributed by atoms with Gasteiger partial charge in [-0.3, -0.25) is 4.79 Å². The molecule has 6 nitrogen and oxygen atoms in total. The van der Waals surface area contributed by atoms with Crippen LogP contribution in [0.4, 0.5) is 0 Å². The van der Waals surface area contributed by atoms with Crippen molar-refractivity contribution < 1.29 is 23.4 Å². The second-order valence-corrected chi connectivity index (χ2v) is 7.98. The molecule has 0 bridgehead atoms. The predicted molar refractivity (Wildman–Crippen MR) is 66.6 cm³/mol. The molecule has 2 N–H and O–H groups in total. The summed E-state index contributed by atoms with van der Waals surface area (Å²) in [7, 11) is -3.63. The summed E-state index contributed by atoms with van der Waals surface area (Å²) in [5.41, 5.74) is -0.135. The van der Waals surface area contributed by atoms with Crippen LogP contribution in [0, 0.1) is 5.41 Å². The number of hydrogen-bond acceptors (Lipinski definition) is 4. The first kappa shape index (κ1) is 15.4. The average molecular weight is 279 g/mol. The SMILES string of the molecule is CC(C)(C)CCS(=O)(=O)N1CC(O)C[C@H]1C(=O)O. The molecule has 1 rings (SSSR count). The van der Waals surface area contributed by atoms with Gasteiger partial charge in [0.1, 0.15) is 6.04 Å². The number of carboxylic acids is 1. The minimum atomic E-state index is -3.63. The van der Waals surface area contributed by atoms with E-state index in [9.17, 15) is 18.3 Å². The van der Waals surface area contributed by atoms with Crippen LogP contribution in [0.2, 0.25) is 0 Å². The van der Waals surface area contributed by atoms with Crippen molar-refractivity contribution in [3.8, 4) is 0 Å². The molecule has 1 fully saturated rings. The largest absolute Gasteiger partial charge is 0.480 e. The zero-order valence-electron chi connectivity index (χ0n) is 11.0. The zero-order valence-corrected chi connectivity index (χ0v) is 11.8. The topological polar surface area (TPSA) is 94.9 Å². The van der Waals surface area contributed by atoms with Crippen LogP contribution in [-0.4, -0.2) is 53.3 Å². The number of sulfonamides is 1. The van der Waals surface area contributed by atoms with Crippen molar-refractivity contribution in [1.29, 1.82) is 0 Å². The van der Waals surface area contributed by atoms with Crippen LogP contribution in [0.25, 0.3) is 0 Å². The molecule has 0 radical (unpaired) electrons. The lowest BCUT2D eigenvalue weighted by molar-refractivity contribution is -0.140. The van der Waals surface area contributed by atoms with E-state index in [0.29, 0.717) is 6.42 Å². The van der Waals surface area contributed by atoms with Crippen molar-refractivity contribution in [2.24, 2.45) is 5.41 Å². The van der Waals surface area contributed by atoms with Gasteiger partial charge in [-0.05, 0) is 11.8 Å². The fourth-order valence-corrected chi connectivity index (χ4v) is 3.94. The second kappa shape index (κ2) is 5.14. The maximum Gasteiger partial charge on any atom is 0.322 e. The highest BCUT2D eigenvalue weighted by Gasteiger charge is 2.42. The number of carboxylic acid groups (broad SMARTS) is 1. The van der Waals surface area contributed by atoms with Crippen LogP contribution in [0.1, 0.15) is 33.6 Å². The van der Waals surface area contributed by atoms with E-state index in [1.54, 1.807) is 0 Å². The van der Waals surface area contributed by atoms with E-state index in [4.69, 9.17) is 5.11 Å². The first-order valence-corrected chi connectivity index (χ1v) is 7.54. The van der Waals surface area contributed by atoms with Crippen LogP contribution in [-0.2, 0) is 14.8 Å². The van der Waals surface area contributed by atoms with Crippen LogP contribution < -0.4 is 0 Å². The molecule has 0 saturated carbocycles. The van der Waals surface area contributed by atoms with E-state index in [1.807, 2.05) is 20.8 Å². The Bertz CT molecular complexity index is 412. The van der Waals surface area contributed by atoms with E-state index in [1.165, 1.54) is 0 Å². The molecule has 1 aliphatic heterocycles. The number of β-amino-alcohol motifs (C(OH)–C–C–N with tert-alkyl or cyclic N) is 1. The minimum Gasteiger partial charge on any atom is -0.480 e. The second-order valence-electron chi connectivity index (χ2n) is 5.94. The van der Waals surface area contributed by atoms with Gasteiger partial charge in [-0.15, -0.1) is 0 Å². The van der Waals surface area contributed by atoms with Gasteiger partial charge in [0, 0.05) is 13.0 Å². The van der Waals surface area contributed by atoms with Crippen LogP contribution >= 0.6 is 0 Å². The molecular weight excluding hydrogens is 258 g/mol. The summed E-state index contributed by atoms with van der Waals surface area (Å²) in [4.78, 5) is 11.0. The van der Waals surface area contributed by atoms with E-state index >= 15 is 0 Å². The highest BCUT2D eigenvalue weighted by Crippen LogP contribution is 2.25.